The highest BCUT2D eigenvalue weighted by Crippen LogP contribution is 2.43. The average molecular weight is 1120 g/mol. The Morgan fingerprint density at radius 3 is 0.488 bits per heavy atom. The molecule has 8 nitrogen and oxygen atoms in total. The van der Waals surface area contributed by atoms with E-state index < -0.39 is 0 Å². The molecule has 8 aromatic heterocycles. The molecular formula is C78H70N8+8. The number of rotatable bonds is 16. The average Bonchev–Trinajstić information content (AvgIpc) is 1.62. The monoisotopic (exact) mass is 1120 g/mol. The van der Waals surface area contributed by atoms with Gasteiger partial charge in [-0.05, 0) is 101 Å². The molecule has 0 saturated carbocycles. The Hall–Kier alpha value is -10.7. The Bertz CT molecular complexity index is 3840. The van der Waals surface area contributed by atoms with Gasteiger partial charge in [-0.1, -0.05) is 97.1 Å². The van der Waals surface area contributed by atoms with Gasteiger partial charge in [0.25, 0.3) is 0 Å². The van der Waals surface area contributed by atoms with E-state index in [-0.39, 0.29) is 0 Å². The Kier molecular flexibility index (Phi) is 15.6. The van der Waals surface area contributed by atoms with Gasteiger partial charge in [0.1, 0.15) is 28.2 Å². The highest BCUT2D eigenvalue weighted by atomic mass is 14.9. The van der Waals surface area contributed by atoms with Gasteiger partial charge in [0.05, 0.1) is 0 Å². The maximum absolute atomic E-state index is 2.44. The Labute approximate surface area is 504 Å². The van der Waals surface area contributed by atoms with E-state index in [1.165, 1.54) is 111 Å². The third kappa shape index (κ3) is 12.8. The van der Waals surface area contributed by atoms with Gasteiger partial charge in [-0.2, -0.15) is 0 Å². The molecule has 5 aromatic carbocycles. The van der Waals surface area contributed by atoms with E-state index in [9.17, 15) is 0 Å². The predicted molar refractivity (Wildman–Crippen MR) is 338 cm³/mol. The smallest absolute Gasteiger partial charge is 0.173 e. The zero-order valence-electron chi connectivity index (χ0n) is 49.3. The van der Waals surface area contributed by atoms with Crippen molar-refractivity contribution >= 4 is 0 Å². The molecule has 0 fully saturated rings. The molecule has 0 atom stereocenters. The van der Waals surface area contributed by atoms with E-state index >= 15 is 0 Å². The quantitative estimate of drug-likeness (QED) is 0.0864. The molecule has 0 unspecified atom stereocenters. The van der Waals surface area contributed by atoms with Crippen LogP contribution in [0.3, 0.4) is 0 Å². The maximum Gasteiger partial charge on any atom is 0.173 e. The minimum atomic E-state index is 0.766. The SMILES string of the molecule is C[n+]1ccc(-c2cc[n+](Cc3ccc(-c4cc(-c5ccc(C[n+]6ccc(-c7cc[n+](C)cc7)cc6)cc5)c(-c5ccc(C[n+]6ccc(-c7cc[n+](C)cc7)cc6)cc5)cc4-c4ccc(C[n+]5ccc(-c6cc[n+](C)cc6)cc5)cc4)cc3)cc2)cc1. The van der Waals surface area contributed by atoms with Crippen LogP contribution in [0, 0.1) is 0 Å². The first-order valence-electron chi connectivity index (χ1n) is 29.5. The number of aromatic nitrogens is 8. The number of pyridine rings is 8. The second-order valence-corrected chi connectivity index (χ2v) is 22.8. The topological polar surface area (TPSA) is 31.0 Å². The summed E-state index contributed by atoms with van der Waals surface area (Å²) in [6.45, 7) is 3.06. The first-order chi connectivity index (χ1) is 42.1. The molecule has 86 heavy (non-hydrogen) atoms. The molecule has 0 amide bonds. The first kappa shape index (κ1) is 54.5. The Balaban J connectivity index is 0.849. The Morgan fingerprint density at radius 2 is 0.326 bits per heavy atom. The fourth-order valence-corrected chi connectivity index (χ4v) is 11.4. The van der Waals surface area contributed by atoms with Crippen LogP contribution in [0.25, 0.3) is 89.0 Å². The fourth-order valence-electron chi connectivity index (χ4n) is 11.4. The van der Waals surface area contributed by atoms with Crippen molar-refractivity contribution in [2.45, 2.75) is 26.2 Å². The molecule has 414 valence electrons. The third-order valence-corrected chi connectivity index (χ3v) is 16.5. The highest BCUT2D eigenvalue weighted by Gasteiger charge is 2.19. The van der Waals surface area contributed by atoms with Crippen molar-refractivity contribution in [3.05, 3.63) is 328 Å². The van der Waals surface area contributed by atoms with Gasteiger partial charge in [-0.15, -0.1) is 0 Å². The second kappa shape index (κ2) is 24.6. The van der Waals surface area contributed by atoms with Gasteiger partial charge in [-0.25, -0.2) is 36.5 Å². The number of nitrogens with zero attached hydrogens (tertiary/aromatic N) is 8. The van der Waals surface area contributed by atoms with Crippen molar-refractivity contribution in [2.75, 3.05) is 0 Å². The third-order valence-electron chi connectivity index (χ3n) is 16.5. The summed E-state index contributed by atoms with van der Waals surface area (Å²) < 4.78 is 17.3. The van der Waals surface area contributed by atoms with Crippen molar-refractivity contribution in [3.8, 4) is 89.0 Å². The van der Waals surface area contributed by atoms with Crippen LogP contribution >= 0.6 is 0 Å². The maximum atomic E-state index is 2.44. The normalized spacial score (nSPS) is 11.2. The molecule has 13 rings (SSSR count). The number of aryl methyl sites for hydroxylation is 4. The molecule has 0 N–H and O–H groups in total. The molecule has 0 aliphatic rings. The molecule has 0 saturated heterocycles. The van der Waals surface area contributed by atoms with Crippen molar-refractivity contribution in [1.29, 1.82) is 0 Å². The predicted octanol–water partition coefficient (Wildman–Crippen LogP) is 11.7. The minimum absolute atomic E-state index is 0.766. The van der Waals surface area contributed by atoms with Gasteiger partial charge in [0, 0.05) is 119 Å². The lowest BCUT2D eigenvalue weighted by Gasteiger charge is -2.19. The van der Waals surface area contributed by atoms with E-state index in [0.717, 1.165) is 26.2 Å². The summed E-state index contributed by atoms with van der Waals surface area (Å²) in [4.78, 5) is 0. The zero-order chi connectivity index (χ0) is 58.3. The fraction of sp³-hybridized carbons (Fsp3) is 0.103. The largest absolute Gasteiger partial charge is 0.208 e. The molecule has 8 heterocycles. The van der Waals surface area contributed by atoms with Crippen LogP contribution in [0.4, 0.5) is 0 Å². The molecule has 13 aromatic rings. The molecule has 0 spiro atoms. The number of hydrogen-bond donors (Lipinski definition) is 0. The van der Waals surface area contributed by atoms with Crippen molar-refractivity contribution < 1.29 is 36.5 Å². The van der Waals surface area contributed by atoms with Crippen LogP contribution in [0.1, 0.15) is 22.3 Å². The minimum Gasteiger partial charge on any atom is -0.208 e. The van der Waals surface area contributed by atoms with E-state index in [2.05, 4.69) is 342 Å². The van der Waals surface area contributed by atoms with E-state index in [4.69, 9.17) is 0 Å². The zero-order valence-corrected chi connectivity index (χ0v) is 49.3. The summed E-state index contributed by atoms with van der Waals surface area (Å²) in [5.74, 6) is 0. The summed E-state index contributed by atoms with van der Waals surface area (Å²) in [6, 6.07) is 76.6. The van der Waals surface area contributed by atoms with Crippen molar-refractivity contribution in [2.24, 2.45) is 28.2 Å². The highest BCUT2D eigenvalue weighted by molar-refractivity contribution is 5.95. The molecule has 0 bridgehead atoms. The standard InChI is InChI=1S/C78H70N8/c1-79-37-21-63(22-38-79)67-29-45-83(46-30-67)55-59-5-13-71(14-6-59)75-53-77(73-17-9-61(10-18-73)57-85-49-33-69(34-50-85)65-25-41-81(3)42-26-65)78(74-19-11-62(12-20-74)58-86-51-35-70(36-52-86)66-27-43-82(4)44-28-66)54-76(75)72-15-7-60(8-16-72)56-84-47-31-68(32-48-84)64-23-39-80(2)40-24-64/h5-54H,55-58H2,1-4H3/q+8. The van der Waals surface area contributed by atoms with Gasteiger partial charge in [-0.3, -0.25) is 0 Å². The Morgan fingerprint density at radius 1 is 0.174 bits per heavy atom. The molecule has 0 aliphatic heterocycles. The number of hydrogen-bond acceptors (Lipinski definition) is 0. The molecule has 0 aliphatic carbocycles. The second-order valence-electron chi connectivity index (χ2n) is 22.8. The van der Waals surface area contributed by atoms with E-state index in [1.54, 1.807) is 0 Å². The van der Waals surface area contributed by atoms with Crippen molar-refractivity contribution in [3.63, 3.8) is 0 Å². The molecule has 8 heteroatoms. The lowest BCUT2D eigenvalue weighted by Crippen LogP contribution is -2.33. The van der Waals surface area contributed by atoms with Gasteiger partial charge >= 0.3 is 0 Å². The summed E-state index contributed by atoms with van der Waals surface area (Å²) in [6.07, 6.45) is 34.2. The van der Waals surface area contributed by atoms with E-state index in [1.807, 2.05) is 28.2 Å². The lowest BCUT2D eigenvalue weighted by molar-refractivity contribution is -0.688. The van der Waals surface area contributed by atoms with Gasteiger partial charge in [0.15, 0.2) is 125 Å². The van der Waals surface area contributed by atoms with E-state index in [0.29, 0.717) is 0 Å². The van der Waals surface area contributed by atoms with Crippen LogP contribution in [-0.4, -0.2) is 0 Å². The lowest BCUT2D eigenvalue weighted by atomic mass is 9.85. The van der Waals surface area contributed by atoms with Gasteiger partial charge in [0.2, 0.25) is 0 Å². The first-order valence-corrected chi connectivity index (χ1v) is 29.5. The number of benzene rings is 5. The van der Waals surface area contributed by atoms with Crippen molar-refractivity contribution in [1.82, 2.24) is 0 Å². The van der Waals surface area contributed by atoms with Crippen LogP contribution in [0.5, 0.6) is 0 Å². The summed E-state index contributed by atoms with van der Waals surface area (Å²) >= 11 is 0. The van der Waals surface area contributed by atoms with Crippen LogP contribution in [0.2, 0.25) is 0 Å². The van der Waals surface area contributed by atoms with Crippen LogP contribution in [-0.2, 0) is 54.4 Å². The molecular weight excluding hydrogens is 1050 g/mol. The van der Waals surface area contributed by atoms with Crippen LogP contribution in [0.15, 0.2) is 305 Å². The van der Waals surface area contributed by atoms with Gasteiger partial charge < -0.3 is 0 Å². The molecule has 0 radical (unpaired) electrons. The summed E-state index contributed by atoms with van der Waals surface area (Å²) in [7, 11) is 8.19. The summed E-state index contributed by atoms with van der Waals surface area (Å²) in [5, 5.41) is 0. The van der Waals surface area contributed by atoms with Crippen LogP contribution < -0.4 is 36.5 Å². The summed E-state index contributed by atoms with van der Waals surface area (Å²) in [5.41, 5.74) is 24.0.